The molecule has 0 unspecified atom stereocenters. The van der Waals surface area contributed by atoms with Gasteiger partial charge in [0.2, 0.25) is 0 Å². The third kappa shape index (κ3) is 2.75. The maximum atomic E-state index is 13.7. The molecule has 0 spiro atoms. The number of benzene rings is 1. The number of carbonyl (C=O) groups excluding carboxylic acids is 1. The number of thiophene rings is 1. The van der Waals surface area contributed by atoms with Gasteiger partial charge in [-0.2, -0.15) is 0 Å². The number of hydrogen-bond acceptors (Lipinski definition) is 4. The Kier molecular flexibility index (Phi) is 3.73. The zero-order chi connectivity index (χ0) is 16.7. The number of hydrogen-bond donors (Lipinski definition) is 2. The third-order valence-corrected chi connectivity index (χ3v) is 4.51. The number of halogens is 2. The molecule has 0 radical (unpaired) electrons. The molecule has 2 heterocycles. The van der Waals surface area contributed by atoms with E-state index in [9.17, 15) is 13.6 Å². The summed E-state index contributed by atoms with van der Waals surface area (Å²) >= 11 is 1.14. The SMILES string of the molecule is Cc1cc(C)c2c(N)c(C(=O)Nc3ccc(F)cc3F)sc2n1. The molecule has 0 saturated heterocycles. The van der Waals surface area contributed by atoms with Crippen LogP contribution in [0.25, 0.3) is 10.2 Å². The molecule has 2 aromatic heterocycles. The van der Waals surface area contributed by atoms with Crippen LogP contribution >= 0.6 is 11.3 Å². The number of nitrogens with two attached hydrogens (primary N) is 1. The molecule has 0 bridgehead atoms. The minimum absolute atomic E-state index is 0.103. The number of rotatable bonds is 2. The molecule has 1 aromatic carbocycles. The lowest BCUT2D eigenvalue weighted by molar-refractivity contribution is 0.103. The maximum Gasteiger partial charge on any atom is 0.268 e. The van der Waals surface area contributed by atoms with Crippen LogP contribution in [-0.2, 0) is 0 Å². The number of anilines is 2. The molecule has 0 saturated carbocycles. The van der Waals surface area contributed by atoms with E-state index in [1.807, 2.05) is 19.9 Å². The van der Waals surface area contributed by atoms with Crippen LogP contribution in [0.2, 0.25) is 0 Å². The van der Waals surface area contributed by atoms with E-state index in [4.69, 9.17) is 5.73 Å². The van der Waals surface area contributed by atoms with Gasteiger partial charge in [-0.1, -0.05) is 0 Å². The van der Waals surface area contributed by atoms with E-state index in [1.54, 1.807) is 0 Å². The summed E-state index contributed by atoms with van der Waals surface area (Å²) < 4.78 is 26.6. The standard InChI is InChI=1S/C16H13F2N3OS/c1-7-5-8(2)20-16-12(7)13(19)14(23-16)15(22)21-11-4-3-9(17)6-10(11)18/h3-6H,19H2,1-2H3,(H,21,22). The van der Waals surface area contributed by atoms with Gasteiger partial charge in [0.25, 0.3) is 5.91 Å². The molecule has 0 fully saturated rings. The number of pyridine rings is 1. The molecule has 23 heavy (non-hydrogen) atoms. The summed E-state index contributed by atoms with van der Waals surface area (Å²) in [6.45, 7) is 3.75. The first kappa shape index (κ1) is 15.4. The highest BCUT2D eigenvalue weighted by Crippen LogP contribution is 2.35. The van der Waals surface area contributed by atoms with Crippen LogP contribution in [0.3, 0.4) is 0 Å². The van der Waals surface area contributed by atoms with Crippen LogP contribution in [-0.4, -0.2) is 10.9 Å². The van der Waals surface area contributed by atoms with Crippen molar-refractivity contribution in [3.05, 3.63) is 52.0 Å². The molecular formula is C16H13F2N3OS. The zero-order valence-corrected chi connectivity index (χ0v) is 13.2. The quantitative estimate of drug-likeness (QED) is 0.744. The zero-order valence-electron chi connectivity index (χ0n) is 12.4. The number of amides is 1. The molecule has 3 N–H and O–H groups in total. The Morgan fingerprint density at radius 1 is 1.26 bits per heavy atom. The second-order valence-corrected chi connectivity index (χ2v) is 6.18. The highest BCUT2D eigenvalue weighted by atomic mass is 32.1. The first-order valence-corrected chi connectivity index (χ1v) is 7.61. The Balaban J connectivity index is 2.01. The van der Waals surface area contributed by atoms with E-state index in [2.05, 4.69) is 10.3 Å². The number of aromatic nitrogens is 1. The summed E-state index contributed by atoms with van der Waals surface area (Å²) in [5.41, 5.74) is 8.03. The second kappa shape index (κ2) is 5.58. The van der Waals surface area contributed by atoms with Crippen LogP contribution in [0.1, 0.15) is 20.9 Å². The molecular weight excluding hydrogens is 320 g/mol. The van der Waals surface area contributed by atoms with Crippen molar-refractivity contribution in [2.45, 2.75) is 13.8 Å². The predicted octanol–water partition coefficient (Wildman–Crippen LogP) is 4.03. The largest absolute Gasteiger partial charge is 0.397 e. The van der Waals surface area contributed by atoms with Crippen molar-refractivity contribution >= 4 is 38.8 Å². The Morgan fingerprint density at radius 2 is 2.00 bits per heavy atom. The first-order valence-electron chi connectivity index (χ1n) is 6.79. The van der Waals surface area contributed by atoms with Crippen molar-refractivity contribution in [3.8, 4) is 0 Å². The van der Waals surface area contributed by atoms with E-state index < -0.39 is 17.5 Å². The predicted molar refractivity (Wildman–Crippen MR) is 87.8 cm³/mol. The van der Waals surface area contributed by atoms with Crippen molar-refractivity contribution in [2.24, 2.45) is 0 Å². The topological polar surface area (TPSA) is 68.0 Å². The van der Waals surface area contributed by atoms with Gasteiger partial charge >= 0.3 is 0 Å². The summed E-state index contributed by atoms with van der Waals surface area (Å²) in [5.74, 6) is -2.10. The average molecular weight is 333 g/mol. The van der Waals surface area contributed by atoms with Crippen LogP contribution in [0.15, 0.2) is 24.3 Å². The summed E-state index contributed by atoms with van der Waals surface area (Å²) in [4.78, 5) is 17.7. The van der Waals surface area contributed by atoms with Crippen molar-refractivity contribution in [1.29, 1.82) is 0 Å². The number of fused-ring (bicyclic) bond motifs is 1. The number of aryl methyl sites for hydroxylation is 2. The Labute approximate surface area is 135 Å². The average Bonchev–Trinajstić information content (AvgIpc) is 2.79. The fraction of sp³-hybridized carbons (Fsp3) is 0.125. The van der Waals surface area contributed by atoms with E-state index in [1.165, 1.54) is 6.07 Å². The van der Waals surface area contributed by atoms with Crippen molar-refractivity contribution in [3.63, 3.8) is 0 Å². The fourth-order valence-corrected chi connectivity index (χ4v) is 3.52. The van der Waals surface area contributed by atoms with Gasteiger partial charge in [-0.25, -0.2) is 13.8 Å². The highest BCUT2D eigenvalue weighted by molar-refractivity contribution is 7.21. The summed E-state index contributed by atoms with van der Waals surface area (Å²) in [7, 11) is 0. The number of nitrogens with zero attached hydrogens (tertiary/aromatic N) is 1. The molecule has 0 aliphatic carbocycles. The minimum Gasteiger partial charge on any atom is -0.397 e. The smallest absolute Gasteiger partial charge is 0.268 e. The van der Waals surface area contributed by atoms with Crippen LogP contribution in [0, 0.1) is 25.5 Å². The summed E-state index contributed by atoms with van der Waals surface area (Å²) in [6, 6.07) is 4.83. The van der Waals surface area contributed by atoms with Crippen LogP contribution in [0.5, 0.6) is 0 Å². The van der Waals surface area contributed by atoms with Gasteiger partial charge in [-0.05, 0) is 37.6 Å². The lowest BCUT2D eigenvalue weighted by atomic mass is 10.1. The highest BCUT2D eigenvalue weighted by Gasteiger charge is 2.20. The van der Waals surface area contributed by atoms with E-state index in [-0.39, 0.29) is 10.6 Å². The van der Waals surface area contributed by atoms with Gasteiger partial charge in [0.1, 0.15) is 21.3 Å². The van der Waals surface area contributed by atoms with Gasteiger partial charge in [0.15, 0.2) is 0 Å². The Morgan fingerprint density at radius 3 is 2.70 bits per heavy atom. The monoisotopic (exact) mass is 333 g/mol. The number of nitrogens with one attached hydrogen (secondary N) is 1. The van der Waals surface area contributed by atoms with E-state index in [0.717, 1.165) is 34.0 Å². The molecule has 0 aliphatic heterocycles. The van der Waals surface area contributed by atoms with Gasteiger partial charge < -0.3 is 11.1 Å². The van der Waals surface area contributed by atoms with Crippen molar-refractivity contribution in [1.82, 2.24) is 4.98 Å². The number of carbonyl (C=O) groups is 1. The van der Waals surface area contributed by atoms with E-state index in [0.29, 0.717) is 16.6 Å². The molecule has 1 amide bonds. The van der Waals surface area contributed by atoms with Gasteiger partial charge in [0, 0.05) is 17.1 Å². The molecule has 118 valence electrons. The Bertz CT molecular complexity index is 937. The third-order valence-electron chi connectivity index (χ3n) is 3.41. The lowest BCUT2D eigenvalue weighted by Crippen LogP contribution is -2.13. The van der Waals surface area contributed by atoms with Crippen LogP contribution in [0.4, 0.5) is 20.2 Å². The maximum absolute atomic E-state index is 13.7. The van der Waals surface area contributed by atoms with Crippen molar-refractivity contribution < 1.29 is 13.6 Å². The molecule has 4 nitrogen and oxygen atoms in total. The first-order chi connectivity index (χ1) is 10.9. The fourth-order valence-electron chi connectivity index (χ4n) is 2.41. The molecule has 3 aromatic rings. The van der Waals surface area contributed by atoms with E-state index >= 15 is 0 Å². The normalized spacial score (nSPS) is 11.0. The molecule has 0 atom stereocenters. The van der Waals surface area contributed by atoms with Gasteiger partial charge in [-0.15, -0.1) is 11.3 Å². The number of nitrogen functional groups attached to an aromatic ring is 1. The second-order valence-electron chi connectivity index (χ2n) is 5.18. The molecule has 0 aliphatic rings. The molecule has 3 rings (SSSR count). The van der Waals surface area contributed by atoms with Crippen molar-refractivity contribution in [2.75, 3.05) is 11.1 Å². The summed E-state index contributed by atoms with van der Waals surface area (Å²) in [6.07, 6.45) is 0. The van der Waals surface area contributed by atoms with Gasteiger partial charge in [0.05, 0.1) is 11.4 Å². The summed E-state index contributed by atoms with van der Waals surface area (Å²) in [5, 5.41) is 3.14. The van der Waals surface area contributed by atoms with Crippen LogP contribution < -0.4 is 11.1 Å². The Hall–Kier alpha value is -2.54. The minimum atomic E-state index is -0.844. The molecule has 7 heteroatoms. The van der Waals surface area contributed by atoms with Gasteiger partial charge in [-0.3, -0.25) is 4.79 Å². The lowest BCUT2D eigenvalue weighted by Gasteiger charge is -2.05.